The van der Waals surface area contributed by atoms with Crippen LogP contribution in [0.1, 0.15) is 77.6 Å². The summed E-state index contributed by atoms with van der Waals surface area (Å²) < 4.78 is 0. The fraction of sp³-hybridized carbons (Fsp3) is 1.00. The fourth-order valence-electron chi connectivity index (χ4n) is 3.65. The van der Waals surface area contributed by atoms with Crippen LogP contribution in [0, 0.1) is 0 Å². The number of rotatable bonds is 29. The van der Waals surface area contributed by atoms with Crippen molar-refractivity contribution in [2.75, 3.05) is 85.1 Å². The van der Waals surface area contributed by atoms with Crippen molar-refractivity contribution in [3.05, 3.63) is 0 Å². The maximum Gasteiger partial charge on any atom is 0.00772 e. The Morgan fingerprint density at radius 3 is 0.969 bits per heavy atom. The minimum Gasteiger partial charge on any atom is -0.329 e. The van der Waals surface area contributed by atoms with Crippen molar-refractivity contribution >= 4 is 0 Å². The molecule has 0 aromatic rings. The van der Waals surface area contributed by atoms with Crippen LogP contribution in [-0.4, -0.2) is 85.1 Å². The molecule has 0 unspecified atom stereocenters. The Bertz CT molecular complexity index is 289. The van der Waals surface area contributed by atoms with Gasteiger partial charge in [0.15, 0.2) is 0 Å². The van der Waals surface area contributed by atoms with E-state index in [0.29, 0.717) is 6.54 Å². The molecular weight excluding hydrogens is 398 g/mol. The molecule has 0 heterocycles. The maximum absolute atomic E-state index is 5.43. The molecule has 7 heteroatoms. The first-order valence-electron chi connectivity index (χ1n) is 13.9. The van der Waals surface area contributed by atoms with Crippen LogP contribution in [0.5, 0.6) is 0 Å². The summed E-state index contributed by atoms with van der Waals surface area (Å²) in [6.07, 6.45) is 15.6. The lowest BCUT2D eigenvalue weighted by Crippen LogP contribution is -2.37. The summed E-state index contributed by atoms with van der Waals surface area (Å²) in [5, 5.41) is 20.7. The van der Waals surface area contributed by atoms with E-state index in [1.807, 2.05) is 0 Å². The van der Waals surface area contributed by atoms with Crippen molar-refractivity contribution in [2.45, 2.75) is 77.6 Å². The lowest BCUT2D eigenvalue weighted by Gasteiger charge is -2.09. The topological polar surface area (TPSA) is 98.2 Å². The van der Waals surface area contributed by atoms with Crippen LogP contribution in [0.3, 0.4) is 0 Å². The molecule has 0 aromatic heterocycles. The molecule has 0 aromatic carbocycles. The Morgan fingerprint density at radius 1 is 0.344 bits per heavy atom. The van der Waals surface area contributed by atoms with Crippen LogP contribution in [0.25, 0.3) is 0 Å². The van der Waals surface area contributed by atoms with Crippen molar-refractivity contribution in [3.63, 3.8) is 0 Å². The average Bonchev–Trinajstić information content (AvgIpc) is 2.81. The van der Waals surface area contributed by atoms with Gasteiger partial charge in [-0.05, 0) is 13.0 Å². The number of hydrogen-bond acceptors (Lipinski definition) is 7. The first kappa shape index (κ1) is 31.7. The minimum atomic E-state index is 0.709. The van der Waals surface area contributed by atoms with E-state index in [4.69, 9.17) is 5.73 Å². The van der Waals surface area contributed by atoms with Gasteiger partial charge in [0.05, 0.1) is 0 Å². The zero-order chi connectivity index (χ0) is 23.2. The summed E-state index contributed by atoms with van der Waals surface area (Å²) in [7, 11) is 0. The Hall–Kier alpha value is -0.280. The second-order valence-electron chi connectivity index (χ2n) is 8.82. The smallest absolute Gasteiger partial charge is 0.00772 e. The summed E-state index contributed by atoms with van der Waals surface area (Å²) >= 11 is 0. The molecule has 0 atom stereocenters. The van der Waals surface area contributed by atoms with Crippen LogP contribution in [0.4, 0.5) is 0 Å². The van der Waals surface area contributed by atoms with E-state index in [2.05, 4.69) is 38.8 Å². The second-order valence-corrected chi connectivity index (χ2v) is 8.82. The molecule has 7 nitrogen and oxygen atoms in total. The van der Waals surface area contributed by atoms with Crippen LogP contribution >= 0.6 is 0 Å². The fourth-order valence-corrected chi connectivity index (χ4v) is 3.65. The average molecular weight is 458 g/mol. The predicted octanol–water partition coefficient (Wildman–Crippen LogP) is 1.79. The van der Waals surface area contributed by atoms with E-state index < -0.39 is 0 Å². The van der Waals surface area contributed by atoms with Gasteiger partial charge in [-0.15, -0.1) is 0 Å². The quantitative estimate of drug-likeness (QED) is 0.0860. The monoisotopic (exact) mass is 457 g/mol. The summed E-state index contributed by atoms with van der Waals surface area (Å²) in [5.41, 5.74) is 5.43. The van der Waals surface area contributed by atoms with Crippen molar-refractivity contribution < 1.29 is 0 Å². The molecule has 0 rings (SSSR count). The molecule has 0 amide bonds. The molecular formula is C25H59N7. The summed E-state index contributed by atoms with van der Waals surface area (Å²) in [6, 6.07) is 0. The highest BCUT2D eigenvalue weighted by atomic mass is 15.0. The van der Waals surface area contributed by atoms with Gasteiger partial charge in [-0.3, -0.25) is 0 Å². The highest BCUT2D eigenvalue weighted by Gasteiger charge is 1.94. The molecule has 194 valence electrons. The molecule has 0 radical (unpaired) electrons. The summed E-state index contributed by atoms with van der Waals surface area (Å²) in [4.78, 5) is 0. The molecule has 8 N–H and O–H groups in total. The van der Waals surface area contributed by atoms with Gasteiger partial charge in [-0.1, -0.05) is 71.1 Å². The predicted molar refractivity (Wildman–Crippen MR) is 143 cm³/mol. The van der Waals surface area contributed by atoms with Crippen molar-refractivity contribution in [3.8, 4) is 0 Å². The van der Waals surface area contributed by atoms with Crippen LogP contribution in [-0.2, 0) is 0 Å². The van der Waals surface area contributed by atoms with Crippen molar-refractivity contribution in [1.29, 1.82) is 0 Å². The molecule has 0 aliphatic heterocycles. The van der Waals surface area contributed by atoms with Gasteiger partial charge in [0.25, 0.3) is 0 Å². The van der Waals surface area contributed by atoms with Crippen LogP contribution in [0.15, 0.2) is 0 Å². The zero-order valence-electron chi connectivity index (χ0n) is 21.5. The van der Waals surface area contributed by atoms with Crippen LogP contribution in [0.2, 0.25) is 0 Å². The minimum absolute atomic E-state index is 0.709. The van der Waals surface area contributed by atoms with E-state index in [1.165, 1.54) is 77.2 Å². The largest absolute Gasteiger partial charge is 0.329 e. The lowest BCUT2D eigenvalue weighted by molar-refractivity contribution is 0.531. The van der Waals surface area contributed by atoms with Gasteiger partial charge >= 0.3 is 0 Å². The lowest BCUT2D eigenvalue weighted by atomic mass is 10.1. The Labute approximate surface area is 200 Å². The van der Waals surface area contributed by atoms with Crippen molar-refractivity contribution in [1.82, 2.24) is 31.9 Å². The molecule has 0 fully saturated rings. The van der Waals surface area contributed by atoms with E-state index in [-0.39, 0.29) is 0 Å². The molecule has 32 heavy (non-hydrogen) atoms. The van der Waals surface area contributed by atoms with Crippen molar-refractivity contribution in [2.24, 2.45) is 5.73 Å². The first-order chi connectivity index (χ1) is 15.9. The highest BCUT2D eigenvalue weighted by molar-refractivity contribution is 4.59. The van der Waals surface area contributed by atoms with Gasteiger partial charge in [-0.2, -0.15) is 0 Å². The number of unbranched alkanes of at least 4 members (excludes halogenated alkanes) is 10. The zero-order valence-corrected chi connectivity index (χ0v) is 21.5. The Kier molecular flexibility index (Phi) is 30.5. The Balaban J connectivity index is 2.98. The van der Waals surface area contributed by atoms with Crippen LogP contribution < -0.4 is 37.6 Å². The molecule has 0 saturated heterocycles. The SMILES string of the molecule is CCCCCCCCCCCCCNCCNCCNCCNCCNCCNCCN. The number of hydrogen-bond donors (Lipinski definition) is 7. The third kappa shape index (κ3) is 29.7. The van der Waals surface area contributed by atoms with Gasteiger partial charge in [0.2, 0.25) is 0 Å². The van der Waals surface area contributed by atoms with Gasteiger partial charge in [-0.25, -0.2) is 0 Å². The third-order valence-corrected chi connectivity index (χ3v) is 5.67. The molecule has 0 bridgehead atoms. The number of nitrogens with one attached hydrogen (secondary N) is 6. The molecule has 0 aliphatic rings. The maximum atomic E-state index is 5.43. The third-order valence-electron chi connectivity index (χ3n) is 5.67. The number of nitrogens with two attached hydrogens (primary N) is 1. The summed E-state index contributed by atoms with van der Waals surface area (Å²) in [6.45, 7) is 15.3. The molecule has 0 aliphatic carbocycles. The van der Waals surface area contributed by atoms with Gasteiger partial charge in [0.1, 0.15) is 0 Å². The first-order valence-corrected chi connectivity index (χ1v) is 13.9. The second kappa shape index (κ2) is 30.7. The van der Waals surface area contributed by atoms with Gasteiger partial charge < -0.3 is 37.6 Å². The van der Waals surface area contributed by atoms with E-state index in [0.717, 1.165) is 72.0 Å². The Morgan fingerprint density at radius 2 is 0.625 bits per heavy atom. The standard InChI is InChI=1S/C25H59N7/c1-2-3-4-5-6-7-8-9-10-11-12-14-27-16-18-29-20-22-31-24-25-32-23-21-30-19-17-28-15-13-26/h27-32H,2-26H2,1H3. The van der Waals surface area contributed by atoms with E-state index >= 15 is 0 Å². The molecule has 0 spiro atoms. The highest BCUT2D eigenvalue weighted by Crippen LogP contribution is 2.10. The summed E-state index contributed by atoms with van der Waals surface area (Å²) in [5.74, 6) is 0. The molecule has 0 saturated carbocycles. The van der Waals surface area contributed by atoms with E-state index in [9.17, 15) is 0 Å². The normalized spacial score (nSPS) is 11.4. The van der Waals surface area contributed by atoms with E-state index in [1.54, 1.807) is 0 Å². The van der Waals surface area contributed by atoms with Gasteiger partial charge in [0, 0.05) is 78.5 Å².